The Hall–Kier alpha value is -0.970. The fourth-order valence-corrected chi connectivity index (χ4v) is 1.69. The van der Waals surface area contributed by atoms with Crippen LogP contribution in [0.1, 0.15) is 38.8 Å². The Morgan fingerprint density at radius 2 is 1.78 bits per heavy atom. The quantitative estimate of drug-likeness (QED) is 0.549. The van der Waals surface area contributed by atoms with Gasteiger partial charge in [0.15, 0.2) is 0 Å². The third-order valence-corrected chi connectivity index (χ3v) is 2.98. The first-order valence-electron chi connectivity index (χ1n) is 5.50. The first-order valence-corrected chi connectivity index (χ1v) is 6.27. The first kappa shape index (κ1) is 15.1. The minimum Gasteiger partial charge on any atom is -0.220 e. The maximum absolute atomic E-state index is 12.6. The summed E-state index contributed by atoms with van der Waals surface area (Å²) < 4.78 is 41.9. The van der Waals surface area contributed by atoms with E-state index in [0.717, 1.165) is 12.1 Å². The highest BCUT2D eigenvalue weighted by atomic mass is 32.2. The fraction of sp³-hybridized carbons (Fsp3) is 0.462. The Morgan fingerprint density at radius 1 is 1.17 bits per heavy atom. The lowest BCUT2D eigenvalue weighted by molar-refractivity contribution is -0.137. The molecular weight excluding hydrogens is 259 g/mol. The standard InChI is InChI=1S/C13H16F3NS/c1-9(17-18-12(2,3)4)10-6-5-7-11(8-10)13(14,15)16/h5-8H,1-4H3/b17-9+. The molecule has 100 valence electrons. The summed E-state index contributed by atoms with van der Waals surface area (Å²) in [4.78, 5) is 0. The van der Waals surface area contributed by atoms with Gasteiger partial charge in [0.1, 0.15) is 0 Å². The zero-order chi connectivity index (χ0) is 14.0. The van der Waals surface area contributed by atoms with Crippen molar-refractivity contribution in [2.45, 2.75) is 38.6 Å². The van der Waals surface area contributed by atoms with Crippen molar-refractivity contribution in [1.82, 2.24) is 0 Å². The molecule has 1 aromatic carbocycles. The van der Waals surface area contributed by atoms with Gasteiger partial charge in [-0.15, -0.1) is 0 Å². The Labute approximate surface area is 110 Å². The maximum Gasteiger partial charge on any atom is 0.416 e. The van der Waals surface area contributed by atoms with E-state index in [0.29, 0.717) is 11.3 Å². The molecule has 0 heterocycles. The van der Waals surface area contributed by atoms with Gasteiger partial charge in [-0.1, -0.05) is 12.1 Å². The SMILES string of the molecule is C/C(=N\SC(C)(C)C)c1cccc(C(F)(F)F)c1. The number of alkyl halides is 3. The van der Waals surface area contributed by atoms with Crippen molar-refractivity contribution in [3.8, 4) is 0 Å². The van der Waals surface area contributed by atoms with Crippen molar-refractivity contribution >= 4 is 17.7 Å². The van der Waals surface area contributed by atoms with E-state index in [1.165, 1.54) is 18.0 Å². The molecule has 0 amide bonds. The average molecular weight is 275 g/mol. The van der Waals surface area contributed by atoms with E-state index < -0.39 is 11.7 Å². The predicted octanol–water partition coefficient (Wildman–Crippen LogP) is 4.96. The Balaban J connectivity index is 2.97. The van der Waals surface area contributed by atoms with Gasteiger partial charge >= 0.3 is 6.18 Å². The summed E-state index contributed by atoms with van der Waals surface area (Å²) in [5.41, 5.74) is 0.456. The van der Waals surface area contributed by atoms with Crippen molar-refractivity contribution in [3.63, 3.8) is 0 Å². The summed E-state index contributed by atoms with van der Waals surface area (Å²) in [7, 11) is 0. The summed E-state index contributed by atoms with van der Waals surface area (Å²) in [5.74, 6) is 0. The second kappa shape index (κ2) is 5.34. The highest BCUT2D eigenvalue weighted by Gasteiger charge is 2.30. The smallest absolute Gasteiger partial charge is 0.220 e. The molecule has 1 aromatic rings. The van der Waals surface area contributed by atoms with Crippen molar-refractivity contribution in [1.29, 1.82) is 0 Å². The molecule has 0 spiro atoms. The maximum atomic E-state index is 12.6. The van der Waals surface area contributed by atoms with Gasteiger partial charge < -0.3 is 0 Å². The average Bonchev–Trinajstić information content (AvgIpc) is 2.24. The normalized spacial score (nSPS) is 13.8. The number of rotatable bonds is 2. The van der Waals surface area contributed by atoms with E-state index in [1.54, 1.807) is 13.0 Å². The number of hydrogen-bond acceptors (Lipinski definition) is 2. The Morgan fingerprint density at radius 3 is 2.28 bits per heavy atom. The molecule has 1 nitrogen and oxygen atoms in total. The number of nitrogens with zero attached hydrogens (tertiary/aromatic N) is 1. The molecule has 0 aliphatic rings. The van der Waals surface area contributed by atoms with E-state index in [1.807, 2.05) is 20.8 Å². The number of halogens is 3. The molecule has 0 unspecified atom stereocenters. The lowest BCUT2D eigenvalue weighted by atomic mass is 10.1. The minimum absolute atomic E-state index is 0.0527. The van der Waals surface area contributed by atoms with Gasteiger partial charge in [0.25, 0.3) is 0 Å². The molecule has 0 N–H and O–H groups in total. The van der Waals surface area contributed by atoms with E-state index in [4.69, 9.17) is 0 Å². The predicted molar refractivity (Wildman–Crippen MR) is 71.0 cm³/mol. The van der Waals surface area contributed by atoms with Crippen LogP contribution in [0.25, 0.3) is 0 Å². The lowest BCUT2D eigenvalue weighted by Crippen LogP contribution is -2.08. The van der Waals surface area contributed by atoms with Gasteiger partial charge in [-0.2, -0.15) is 13.2 Å². The van der Waals surface area contributed by atoms with E-state index in [-0.39, 0.29) is 4.75 Å². The molecule has 0 fully saturated rings. The largest absolute Gasteiger partial charge is 0.416 e. The molecule has 5 heteroatoms. The van der Waals surface area contributed by atoms with Gasteiger partial charge in [-0.25, -0.2) is 4.40 Å². The molecule has 0 radical (unpaired) electrons. The van der Waals surface area contributed by atoms with Crippen LogP contribution in [0, 0.1) is 0 Å². The molecular formula is C13H16F3NS. The van der Waals surface area contributed by atoms with E-state index >= 15 is 0 Å². The summed E-state index contributed by atoms with van der Waals surface area (Å²) in [6.45, 7) is 7.72. The zero-order valence-electron chi connectivity index (χ0n) is 10.8. The summed E-state index contributed by atoms with van der Waals surface area (Å²) in [6.07, 6.45) is -4.31. The van der Waals surface area contributed by atoms with Crippen molar-refractivity contribution in [2.24, 2.45) is 4.40 Å². The topological polar surface area (TPSA) is 12.4 Å². The minimum atomic E-state index is -4.31. The highest BCUT2D eigenvalue weighted by Crippen LogP contribution is 2.30. The van der Waals surface area contributed by atoms with E-state index in [2.05, 4.69) is 4.40 Å². The molecule has 0 bridgehead atoms. The van der Waals surface area contributed by atoms with Crippen molar-refractivity contribution in [3.05, 3.63) is 35.4 Å². The number of hydrogen-bond donors (Lipinski definition) is 0. The molecule has 0 atom stereocenters. The third-order valence-electron chi connectivity index (χ3n) is 2.06. The molecule has 0 aliphatic heterocycles. The monoisotopic (exact) mass is 275 g/mol. The lowest BCUT2D eigenvalue weighted by Gasteiger charge is -2.14. The molecule has 0 saturated heterocycles. The first-order chi connectivity index (χ1) is 8.09. The number of benzene rings is 1. The second-order valence-electron chi connectivity index (χ2n) is 4.96. The van der Waals surface area contributed by atoms with Gasteiger partial charge in [0, 0.05) is 4.75 Å². The zero-order valence-corrected chi connectivity index (χ0v) is 11.6. The van der Waals surface area contributed by atoms with Gasteiger partial charge in [-0.05, 0) is 57.3 Å². The van der Waals surface area contributed by atoms with Crippen LogP contribution in [0.5, 0.6) is 0 Å². The molecule has 1 rings (SSSR count). The van der Waals surface area contributed by atoms with Crippen LogP contribution in [0.3, 0.4) is 0 Å². The van der Waals surface area contributed by atoms with Crippen LogP contribution in [0.15, 0.2) is 28.7 Å². The molecule has 0 aromatic heterocycles. The van der Waals surface area contributed by atoms with Gasteiger partial charge in [-0.3, -0.25) is 0 Å². The molecule has 0 aliphatic carbocycles. The molecule has 0 saturated carbocycles. The summed E-state index contributed by atoms with van der Waals surface area (Å²) >= 11 is 1.36. The van der Waals surface area contributed by atoms with Crippen LogP contribution in [-0.4, -0.2) is 10.5 Å². The summed E-state index contributed by atoms with van der Waals surface area (Å²) in [5, 5.41) is 0. The van der Waals surface area contributed by atoms with Crippen LogP contribution in [0.2, 0.25) is 0 Å². The van der Waals surface area contributed by atoms with Gasteiger partial charge in [0.2, 0.25) is 0 Å². The second-order valence-corrected chi connectivity index (χ2v) is 6.55. The third kappa shape index (κ3) is 4.72. The summed E-state index contributed by atoms with van der Waals surface area (Å²) in [6, 6.07) is 5.23. The van der Waals surface area contributed by atoms with Crippen LogP contribution < -0.4 is 0 Å². The van der Waals surface area contributed by atoms with Gasteiger partial charge in [0.05, 0.1) is 11.3 Å². The van der Waals surface area contributed by atoms with E-state index in [9.17, 15) is 13.2 Å². The van der Waals surface area contributed by atoms with Crippen molar-refractivity contribution < 1.29 is 13.2 Å². The van der Waals surface area contributed by atoms with Crippen LogP contribution in [-0.2, 0) is 6.18 Å². The van der Waals surface area contributed by atoms with Crippen LogP contribution >= 0.6 is 11.9 Å². The fourth-order valence-electron chi connectivity index (χ4n) is 1.18. The Bertz CT molecular complexity index is 444. The van der Waals surface area contributed by atoms with Crippen LogP contribution in [0.4, 0.5) is 13.2 Å². The highest BCUT2D eigenvalue weighted by molar-refractivity contribution is 7.99. The Kier molecular flexibility index (Phi) is 4.48. The molecule has 18 heavy (non-hydrogen) atoms. The van der Waals surface area contributed by atoms with Crippen molar-refractivity contribution in [2.75, 3.05) is 0 Å².